The number of halogens is 2. The monoisotopic (exact) mass is 279 g/mol. The van der Waals surface area contributed by atoms with Gasteiger partial charge in [-0.3, -0.25) is 0 Å². The van der Waals surface area contributed by atoms with Crippen LogP contribution in [0.15, 0.2) is 0 Å². The number of rotatable bonds is 6. The van der Waals surface area contributed by atoms with Crippen LogP contribution in [0, 0.1) is 0 Å². The molecule has 0 saturated carbocycles. The first kappa shape index (κ1) is 20.6. The van der Waals surface area contributed by atoms with Crippen LogP contribution in [0.25, 0.3) is 0 Å². The minimum atomic E-state index is -0.326. The normalized spacial score (nSPS) is 10.0. The molecule has 0 bridgehead atoms. The molecule has 14 heavy (non-hydrogen) atoms. The van der Waals surface area contributed by atoms with Gasteiger partial charge in [0, 0.05) is 0 Å². The molecule has 0 saturated heterocycles. The second-order valence-electron chi connectivity index (χ2n) is 3.53. The SMILES string of the molecule is CCC[O][Ti][N](C(C)C)C(C)C.Cl.Cl. The largest absolute Gasteiger partial charge is 0.147 e. The third kappa shape index (κ3) is 9.76. The maximum Gasteiger partial charge on any atom is -0.147 e. The van der Waals surface area contributed by atoms with Crippen molar-refractivity contribution in [3.8, 4) is 0 Å². The quantitative estimate of drug-likeness (QED) is 0.547. The molecule has 0 rings (SSSR count). The zero-order valence-corrected chi connectivity index (χ0v) is 12.9. The van der Waals surface area contributed by atoms with Gasteiger partial charge in [0.2, 0.25) is 0 Å². The van der Waals surface area contributed by atoms with E-state index in [0.29, 0.717) is 12.1 Å². The molecule has 0 N–H and O–H groups in total. The van der Waals surface area contributed by atoms with Gasteiger partial charge >= 0.3 is 86.2 Å². The molecule has 0 fully saturated rings. The second kappa shape index (κ2) is 12.3. The van der Waals surface area contributed by atoms with E-state index in [9.17, 15) is 0 Å². The zero-order valence-electron chi connectivity index (χ0n) is 9.74. The Kier molecular flexibility index (Phi) is 18.1. The molecule has 0 spiro atoms. The van der Waals surface area contributed by atoms with Crippen LogP contribution in [0.5, 0.6) is 0 Å². The molecule has 0 unspecified atom stereocenters. The van der Waals surface area contributed by atoms with E-state index in [0.717, 1.165) is 13.0 Å². The third-order valence-corrected chi connectivity index (χ3v) is 4.05. The Morgan fingerprint density at radius 3 is 1.79 bits per heavy atom. The smallest absolute Gasteiger partial charge is 0.147 e. The van der Waals surface area contributed by atoms with Gasteiger partial charge in [-0.25, -0.2) is 0 Å². The molecule has 0 amide bonds. The molecule has 0 atom stereocenters. The summed E-state index contributed by atoms with van der Waals surface area (Å²) in [6.07, 6.45) is 1.13. The Morgan fingerprint density at radius 1 is 1.07 bits per heavy atom. The molecule has 0 aliphatic heterocycles. The second-order valence-corrected chi connectivity index (χ2v) is 5.08. The van der Waals surface area contributed by atoms with Gasteiger partial charge in [0.1, 0.15) is 0 Å². The third-order valence-electron chi connectivity index (χ3n) is 1.59. The van der Waals surface area contributed by atoms with Gasteiger partial charge in [-0.2, -0.15) is 0 Å². The van der Waals surface area contributed by atoms with Crippen LogP contribution in [0.1, 0.15) is 41.0 Å². The summed E-state index contributed by atoms with van der Waals surface area (Å²) in [6.45, 7) is 12.0. The minimum Gasteiger partial charge on any atom is -0.147 e. The van der Waals surface area contributed by atoms with E-state index in [1.807, 2.05) is 0 Å². The van der Waals surface area contributed by atoms with E-state index in [1.54, 1.807) is 0 Å². The maximum absolute atomic E-state index is 5.62. The Hall–Kier alpha value is 1.21. The molecular formula is C9H23Cl2NOTi. The van der Waals surface area contributed by atoms with Crippen LogP contribution in [0.4, 0.5) is 0 Å². The first-order chi connectivity index (χ1) is 5.59. The van der Waals surface area contributed by atoms with Gasteiger partial charge in [-0.1, -0.05) is 0 Å². The van der Waals surface area contributed by atoms with E-state index < -0.39 is 0 Å². The van der Waals surface area contributed by atoms with Crippen molar-refractivity contribution >= 4 is 24.8 Å². The van der Waals surface area contributed by atoms with Gasteiger partial charge in [-0.15, -0.1) is 24.8 Å². The van der Waals surface area contributed by atoms with E-state index in [4.69, 9.17) is 3.32 Å². The van der Waals surface area contributed by atoms with Crippen LogP contribution in [0.2, 0.25) is 0 Å². The summed E-state index contributed by atoms with van der Waals surface area (Å²) in [4.78, 5) is 0. The average Bonchev–Trinajstić information content (AvgIpc) is 1.96. The summed E-state index contributed by atoms with van der Waals surface area (Å²) in [6, 6.07) is 1.25. The molecule has 0 aliphatic carbocycles. The molecule has 0 aromatic carbocycles. The van der Waals surface area contributed by atoms with Crippen LogP contribution in [-0.4, -0.2) is 22.1 Å². The average molecular weight is 280 g/mol. The Labute approximate surface area is 111 Å². The summed E-state index contributed by atoms with van der Waals surface area (Å²) in [7, 11) is 0. The van der Waals surface area contributed by atoms with Crippen molar-refractivity contribution in [3.63, 3.8) is 0 Å². The first-order valence-electron chi connectivity index (χ1n) is 4.75. The molecule has 5 heteroatoms. The molecule has 88 valence electrons. The Morgan fingerprint density at radius 2 is 1.50 bits per heavy atom. The van der Waals surface area contributed by atoms with Crippen molar-refractivity contribution in [1.29, 1.82) is 0 Å². The minimum absolute atomic E-state index is 0. The van der Waals surface area contributed by atoms with Crippen molar-refractivity contribution in [3.05, 3.63) is 0 Å². The molecule has 0 aromatic rings. The van der Waals surface area contributed by atoms with Crippen LogP contribution in [-0.2, 0) is 23.1 Å². The maximum atomic E-state index is 5.62. The van der Waals surface area contributed by atoms with Crippen LogP contribution in [0.3, 0.4) is 0 Å². The van der Waals surface area contributed by atoms with Gasteiger partial charge in [0.15, 0.2) is 0 Å². The van der Waals surface area contributed by atoms with E-state index in [-0.39, 0.29) is 44.6 Å². The predicted molar refractivity (Wildman–Crippen MR) is 62.9 cm³/mol. The van der Waals surface area contributed by atoms with Gasteiger partial charge in [0.05, 0.1) is 0 Å². The molecule has 0 heterocycles. The Bertz CT molecular complexity index is 107. The standard InChI is InChI=1S/C6H14N.C3H7O.2ClH.Ti/c1-5(2)7-6(3)4;1-2-3-4;;;/h5-6H,1-4H3;2-3H2,1H3;2*1H;/q2*-1;;;+2. The summed E-state index contributed by atoms with van der Waals surface area (Å²) in [5.74, 6) is 0. The fourth-order valence-corrected chi connectivity index (χ4v) is 2.38. The van der Waals surface area contributed by atoms with Crippen molar-refractivity contribution in [2.45, 2.75) is 53.1 Å². The van der Waals surface area contributed by atoms with Crippen molar-refractivity contribution in [2.75, 3.05) is 6.61 Å². The number of nitrogens with zero attached hydrogens (tertiary/aromatic N) is 1. The van der Waals surface area contributed by atoms with Crippen molar-refractivity contribution < 1.29 is 23.1 Å². The molecule has 0 aliphatic rings. The summed E-state index contributed by atoms with van der Waals surface area (Å²) in [5, 5.41) is 0. The first-order valence-corrected chi connectivity index (χ1v) is 6.09. The molecule has 0 radical (unpaired) electrons. The van der Waals surface area contributed by atoms with Crippen LogP contribution < -0.4 is 0 Å². The Balaban J connectivity index is -0.000000605. The van der Waals surface area contributed by atoms with E-state index in [2.05, 4.69) is 38.0 Å². The van der Waals surface area contributed by atoms with E-state index >= 15 is 0 Å². The fraction of sp³-hybridized carbons (Fsp3) is 1.00. The van der Waals surface area contributed by atoms with Gasteiger partial charge in [-0.05, 0) is 0 Å². The van der Waals surface area contributed by atoms with Gasteiger partial charge < -0.3 is 0 Å². The topological polar surface area (TPSA) is 12.5 Å². The van der Waals surface area contributed by atoms with Crippen molar-refractivity contribution in [2.24, 2.45) is 0 Å². The van der Waals surface area contributed by atoms with Crippen molar-refractivity contribution in [1.82, 2.24) is 3.38 Å². The number of hydrogen-bond acceptors (Lipinski definition) is 2. The number of hydrogen-bond donors (Lipinski definition) is 0. The van der Waals surface area contributed by atoms with Crippen LogP contribution >= 0.6 is 24.8 Å². The fourth-order valence-electron chi connectivity index (χ4n) is 1.03. The summed E-state index contributed by atoms with van der Waals surface area (Å²) >= 11 is -0.326. The summed E-state index contributed by atoms with van der Waals surface area (Å²) < 4.78 is 8.09. The molecule has 0 aromatic heterocycles. The van der Waals surface area contributed by atoms with E-state index in [1.165, 1.54) is 0 Å². The molecular weight excluding hydrogens is 257 g/mol. The predicted octanol–water partition coefficient (Wildman–Crippen LogP) is 3.29. The zero-order chi connectivity index (χ0) is 9.56. The molecule has 2 nitrogen and oxygen atoms in total. The van der Waals surface area contributed by atoms with Gasteiger partial charge in [0.25, 0.3) is 0 Å². The summed E-state index contributed by atoms with van der Waals surface area (Å²) in [5.41, 5.74) is 0.